The maximum Gasteiger partial charge on any atom is 0.132 e. The monoisotopic (exact) mass is 272 g/mol. The van der Waals surface area contributed by atoms with E-state index in [1.54, 1.807) is 4.68 Å². The van der Waals surface area contributed by atoms with E-state index >= 15 is 0 Å². The summed E-state index contributed by atoms with van der Waals surface area (Å²) in [4.78, 5) is 0. The number of aliphatic hydroxyl groups is 1. The molecule has 2 unspecified atom stereocenters. The molecule has 0 radical (unpaired) electrons. The summed E-state index contributed by atoms with van der Waals surface area (Å²) in [5.41, 5.74) is 1.67. The Morgan fingerprint density at radius 2 is 2.22 bits per heavy atom. The zero-order valence-corrected chi connectivity index (χ0v) is 11.9. The highest BCUT2D eigenvalue weighted by Gasteiger charge is 2.30. The van der Waals surface area contributed by atoms with Crippen LogP contribution in [0.4, 0.5) is 0 Å². The Hall–Kier alpha value is -0.580. The van der Waals surface area contributed by atoms with Crippen LogP contribution in [0.25, 0.3) is 0 Å². The van der Waals surface area contributed by atoms with E-state index in [0.29, 0.717) is 11.8 Å². The van der Waals surface area contributed by atoms with Gasteiger partial charge in [0.25, 0.3) is 0 Å². The standard InChI is InChI=1S/C13H21ClN2O2/c1-8(2)11-10(13(14)16(3)15-11)12(17)9-5-4-6-18-7-9/h8-9,12,17H,4-7H2,1-3H3. The highest BCUT2D eigenvalue weighted by atomic mass is 35.5. The van der Waals surface area contributed by atoms with Crippen LogP contribution in [-0.4, -0.2) is 28.1 Å². The summed E-state index contributed by atoms with van der Waals surface area (Å²) in [6.45, 7) is 5.52. The predicted molar refractivity (Wildman–Crippen MR) is 70.8 cm³/mol. The Balaban J connectivity index is 2.30. The van der Waals surface area contributed by atoms with Crippen molar-refractivity contribution in [2.75, 3.05) is 13.2 Å². The van der Waals surface area contributed by atoms with Crippen molar-refractivity contribution in [1.82, 2.24) is 9.78 Å². The van der Waals surface area contributed by atoms with Gasteiger partial charge in [0.1, 0.15) is 5.15 Å². The van der Waals surface area contributed by atoms with Crippen LogP contribution in [0.15, 0.2) is 0 Å². The first-order chi connectivity index (χ1) is 8.52. The number of aryl methyl sites for hydroxylation is 1. The number of hydrogen-bond acceptors (Lipinski definition) is 3. The van der Waals surface area contributed by atoms with Crippen LogP contribution >= 0.6 is 11.6 Å². The lowest BCUT2D eigenvalue weighted by atomic mass is 9.89. The summed E-state index contributed by atoms with van der Waals surface area (Å²) < 4.78 is 7.08. The minimum atomic E-state index is -0.580. The lowest BCUT2D eigenvalue weighted by Gasteiger charge is -2.27. The topological polar surface area (TPSA) is 47.3 Å². The third-order valence-electron chi connectivity index (χ3n) is 3.52. The van der Waals surface area contributed by atoms with Gasteiger partial charge in [0.2, 0.25) is 0 Å². The predicted octanol–water partition coefficient (Wildman–Crippen LogP) is 2.66. The molecule has 5 heteroatoms. The van der Waals surface area contributed by atoms with Crippen LogP contribution in [0.2, 0.25) is 5.15 Å². The third kappa shape index (κ3) is 2.56. The molecule has 0 aromatic carbocycles. The fraction of sp³-hybridized carbons (Fsp3) is 0.769. The fourth-order valence-corrected chi connectivity index (χ4v) is 2.74. The Morgan fingerprint density at radius 3 is 2.78 bits per heavy atom. The summed E-state index contributed by atoms with van der Waals surface area (Å²) in [5, 5.41) is 15.5. The highest BCUT2D eigenvalue weighted by molar-refractivity contribution is 6.30. The van der Waals surface area contributed by atoms with Crippen molar-refractivity contribution in [3.63, 3.8) is 0 Å². The van der Waals surface area contributed by atoms with Crippen molar-refractivity contribution in [1.29, 1.82) is 0 Å². The van der Waals surface area contributed by atoms with Crippen LogP contribution in [-0.2, 0) is 11.8 Å². The average Bonchev–Trinajstić information content (AvgIpc) is 2.66. The molecule has 0 bridgehead atoms. The lowest BCUT2D eigenvalue weighted by molar-refractivity contribution is -0.0103. The summed E-state index contributed by atoms with van der Waals surface area (Å²) in [7, 11) is 1.81. The maximum absolute atomic E-state index is 10.6. The van der Waals surface area contributed by atoms with Crippen molar-refractivity contribution in [3.8, 4) is 0 Å². The number of hydrogen-bond donors (Lipinski definition) is 1. The van der Waals surface area contributed by atoms with E-state index in [-0.39, 0.29) is 11.8 Å². The molecule has 1 aliphatic rings. The minimum absolute atomic E-state index is 0.123. The number of aliphatic hydroxyl groups excluding tert-OH is 1. The number of rotatable bonds is 3. The minimum Gasteiger partial charge on any atom is -0.388 e. The molecule has 0 spiro atoms. The van der Waals surface area contributed by atoms with Gasteiger partial charge in [0.15, 0.2) is 0 Å². The van der Waals surface area contributed by atoms with Gasteiger partial charge >= 0.3 is 0 Å². The molecule has 1 aliphatic heterocycles. The van der Waals surface area contributed by atoms with Gasteiger partial charge in [-0.3, -0.25) is 4.68 Å². The van der Waals surface area contributed by atoms with E-state index in [4.69, 9.17) is 16.3 Å². The van der Waals surface area contributed by atoms with Gasteiger partial charge < -0.3 is 9.84 Å². The first kappa shape index (κ1) is 13.8. The molecule has 18 heavy (non-hydrogen) atoms. The lowest BCUT2D eigenvalue weighted by Crippen LogP contribution is -2.24. The van der Waals surface area contributed by atoms with E-state index in [2.05, 4.69) is 18.9 Å². The van der Waals surface area contributed by atoms with E-state index in [1.165, 1.54) is 0 Å². The Bertz CT molecular complexity index is 411. The molecule has 1 fully saturated rings. The fourth-order valence-electron chi connectivity index (χ4n) is 2.49. The zero-order chi connectivity index (χ0) is 13.3. The molecule has 0 aliphatic carbocycles. The number of halogens is 1. The van der Waals surface area contributed by atoms with Crippen molar-refractivity contribution >= 4 is 11.6 Å². The number of nitrogens with zero attached hydrogens (tertiary/aromatic N) is 2. The van der Waals surface area contributed by atoms with E-state index in [9.17, 15) is 5.11 Å². The average molecular weight is 273 g/mol. The largest absolute Gasteiger partial charge is 0.388 e. The SMILES string of the molecule is CC(C)c1nn(C)c(Cl)c1C(O)C1CCCOC1. The van der Waals surface area contributed by atoms with Crippen LogP contribution < -0.4 is 0 Å². The quantitative estimate of drug-likeness (QED) is 0.920. The second-order valence-electron chi connectivity index (χ2n) is 5.29. The Kier molecular flexibility index (Phi) is 4.30. The van der Waals surface area contributed by atoms with Crippen molar-refractivity contribution in [3.05, 3.63) is 16.4 Å². The molecule has 1 N–H and O–H groups in total. The zero-order valence-electron chi connectivity index (χ0n) is 11.2. The Morgan fingerprint density at radius 1 is 1.50 bits per heavy atom. The van der Waals surface area contributed by atoms with Gasteiger partial charge in [-0.15, -0.1) is 0 Å². The summed E-state index contributed by atoms with van der Waals surface area (Å²) >= 11 is 6.27. The second kappa shape index (κ2) is 5.59. The van der Waals surface area contributed by atoms with Gasteiger partial charge in [-0.25, -0.2) is 0 Å². The van der Waals surface area contributed by atoms with Gasteiger partial charge in [-0.2, -0.15) is 5.10 Å². The molecule has 4 nitrogen and oxygen atoms in total. The van der Waals surface area contributed by atoms with E-state index in [1.807, 2.05) is 7.05 Å². The first-order valence-corrected chi connectivity index (χ1v) is 6.88. The molecule has 1 saturated heterocycles. The molecule has 102 valence electrons. The van der Waals surface area contributed by atoms with Crippen LogP contribution in [0.1, 0.15) is 50.0 Å². The molecule has 2 atom stereocenters. The molecule has 1 aromatic heterocycles. The first-order valence-electron chi connectivity index (χ1n) is 6.50. The molecule has 2 rings (SSSR count). The summed E-state index contributed by atoms with van der Waals surface area (Å²) in [5.74, 6) is 0.371. The number of ether oxygens (including phenoxy) is 1. The Labute approximate surface area is 113 Å². The van der Waals surface area contributed by atoms with Gasteiger partial charge in [-0.1, -0.05) is 25.4 Å². The van der Waals surface area contributed by atoms with E-state index in [0.717, 1.165) is 30.7 Å². The van der Waals surface area contributed by atoms with Gasteiger partial charge in [0.05, 0.1) is 18.4 Å². The molecule has 0 amide bonds. The second-order valence-corrected chi connectivity index (χ2v) is 5.65. The van der Waals surface area contributed by atoms with Crippen LogP contribution in [0.5, 0.6) is 0 Å². The summed E-state index contributed by atoms with van der Waals surface area (Å²) in [6, 6.07) is 0. The van der Waals surface area contributed by atoms with Gasteiger partial charge in [-0.05, 0) is 18.8 Å². The molecule has 0 saturated carbocycles. The van der Waals surface area contributed by atoms with Crippen LogP contribution in [0, 0.1) is 5.92 Å². The maximum atomic E-state index is 10.6. The third-order valence-corrected chi connectivity index (χ3v) is 3.97. The molecule has 2 heterocycles. The van der Waals surface area contributed by atoms with E-state index < -0.39 is 6.10 Å². The van der Waals surface area contributed by atoms with Crippen molar-refractivity contribution < 1.29 is 9.84 Å². The van der Waals surface area contributed by atoms with Crippen molar-refractivity contribution in [2.24, 2.45) is 13.0 Å². The normalized spacial score (nSPS) is 22.4. The summed E-state index contributed by atoms with van der Waals surface area (Å²) in [6.07, 6.45) is 1.39. The highest BCUT2D eigenvalue weighted by Crippen LogP contribution is 2.37. The van der Waals surface area contributed by atoms with Gasteiger partial charge in [0, 0.05) is 25.1 Å². The van der Waals surface area contributed by atoms with Crippen molar-refractivity contribution in [2.45, 2.75) is 38.7 Å². The molecule has 1 aromatic rings. The smallest absolute Gasteiger partial charge is 0.132 e. The number of aromatic nitrogens is 2. The van der Waals surface area contributed by atoms with Crippen LogP contribution in [0.3, 0.4) is 0 Å². The molecular formula is C13H21ClN2O2. The molecular weight excluding hydrogens is 252 g/mol.